The topological polar surface area (TPSA) is 110 Å². The van der Waals surface area contributed by atoms with E-state index in [1.54, 1.807) is 25.1 Å². The van der Waals surface area contributed by atoms with Crippen LogP contribution in [0.25, 0.3) is 0 Å². The molecule has 114 valence electrons. The SMILES string of the molecule is COc1cc(Br)cc(NS(=O)(=O)c2n[nH]c(C)c2CN)c1. The monoisotopic (exact) mass is 374 g/mol. The van der Waals surface area contributed by atoms with E-state index in [1.807, 2.05) is 0 Å². The summed E-state index contributed by atoms with van der Waals surface area (Å²) in [4.78, 5) is 0. The number of nitrogens with two attached hydrogens (primary N) is 1. The predicted molar refractivity (Wildman–Crippen MR) is 82.7 cm³/mol. The lowest BCUT2D eigenvalue weighted by Crippen LogP contribution is -2.16. The van der Waals surface area contributed by atoms with Crippen LogP contribution < -0.4 is 15.2 Å². The Morgan fingerprint density at radius 2 is 2.14 bits per heavy atom. The van der Waals surface area contributed by atoms with Crippen molar-refractivity contribution in [3.8, 4) is 5.75 Å². The molecule has 0 atom stereocenters. The highest BCUT2D eigenvalue weighted by Gasteiger charge is 2.23. The molecule has 4 N–H and O–H groups in total. The Morgan fingerprint density at radius 1 is 1.43 bits per heavy atom. The first-order valence-corrected chi connectivity index (χ1v) is 8.26. The molecule has 0 fully saturated rings. The van der Waals surface area contributed by atoms with Gasteiger partial charge in [-0.2, -0.15) is 13.5 Å². The zero-order valence-corrected chi connectivity index (χ0v) is 13.9. The van der Waals surface area contributed by atoms with E-state index in [1.165, 1.54) is 7.11 Å². The first-order valence-electron chi connectivity index (χ1n) is 5.98. The number of methoxy groups -OCH3 is 1. The minimum atomic E-state index is -3.83. The standard InChI is InChI=1S/C12H15BrN4O3S/c1-7-11(6-14)12(16-15-7)21(18,19)17-9-3-8(13)4-10(5-9)20-2/h3-5,17H,6,14H2,1-2H3,(H,15,16). The number of aromatic nitrogens is 2. The zero-order valence-electron chi connectivity index (χ0n) is 11.5. The number of benzene rings is 1. The molecule has 2 rings (SSSR count). The fourth-order valence-electron chi connectivity index (χ4n) is 1.84. The van der Waals surface area contributed by atoms with Crippen molar-refractivity contribution in [2.24, 2.45) is 5.73 Å². The molecule has 0 bridgehead atoms. The second kappa shape index (κ2) is 6.04. The van der Waals surface area contributed by atoms with E-state index in [9.17, 15) is 8.42 Å². The molecule has 0 spiro atoms. The van der Waals surface area contributed by atoms with Gasteiger partial charge in [0.05, 0.1) is 12.8 Å². The van der Waals surface area contributed by atoms with Gasteiger partial charge in [0.25, 0.3) is 10.0 Å². The third kappa shape index (κ3) is 3.36. The summed E-state index contributed by atoms with van der Waals surface area (Å²) in [6.07, 6.45) is 0. The highest BCUT2D eigenvalue weighted by atomic mass is 79.9. The Bertz CT molecular complexity index is 758. The van der Waals surface area contributed by atoms with Crippen LogP contribution >= 0.6 is 15.9 Å². The predicted octanol–water partition coefficient (Wildman–Crippen LogP) is 1.75. The Morgan fingerprint density at radius 3 is 2.76 bits per heavy atom. The minimum absolute atomic E-state index is 0.0837. The first-order chi connectivity index (χ1) is 9.87. The summed E-state index contributed by atoms with van der Waals surface area (Å²) in [5.41, 5.74) is 7.03. The molecular weight excluding hydrogens is 360 g/mol. The van der Waals surface area contributed by atoms with Gasteiger partial charge < -0.3 is 10.5 Å². The maximum atomic E-state index is 12.4. The molecule has 0 saturated carbocycles. The van der Waals surface area contributed by atoms with Gasteiger partial charge >= 0.3 is 0 Å². The Labute approximate surface area is 131 Å². The molecule has 9 heteroatoms. The number of hydrogen-bond acceptors (Lipinski definition) is 5. The van der Waals surface area contributed by atoms with Gasteiger partial charge in [-0.3, -0.25) is 9.82 Å². The number of aromatic amines is 1. The molecule has 0 aliphatic rings. The molecule has 0 aliphatic heterocycles. The van der Waals surface area contributed by atoms with Gasteiger partial charge in [0, 0.05) is 28.3 Å². The minimum Gasteiger partial charge on any atom is -0.497 e. The van der Waals surface area contributed by atoms with Crippen LogP contribution in [0.5, 0.6) is 5.75 Å². The molecule has 0 amide bonds. The highest BCUT2D eigenvalue weighted by molar-refractivity contribution is 9.10. The number of nitrogens with one attached hydrogen (secondary N) is 2. The second-order valence-corrected chi connectivity index (χ2v) is 6.84. The van der Waals surface area contributed by atoms with E-state index >= 15 is 0 Å². The lowest BCUT2D eigenvalue weighted by atomic mass is 10.3. The number of sulfonamides is 1. The van der Waals surface area contributed by atoms with Crippen LogP contribution in [0.15, 0.2) is 27.7 Å². The Kier molecular flexibility index (Phi) is 4.55. The van der Waals surface area contributed by atoms with Crippen molar-refractivity contribution in [2.45, 2.75) is 18.5 Å². The molecule has 0 saturated heterocycles. The maximum Gasteiger partial charge on any atom is 0.281 e. The molecule has 7 nitrogen and oxygen atoms in total. The summed E-state index contributed by atoms with van der Waals surface area (Å²) < 4.78 is 33.1. The third-order valence-corrected chi connectivity index (χ3v) is 4.66. The molecule has 0 aliphatic carbocycles. The molecule has 1 aromatic carbocycles. The van der Waals surface area contributed by atoms with Gasteiger partial charge in [-0.15, -0.1) is 0 Å². The van der Waals surface area contributed by atoms with E-state index in [4.69, 9.17) is 10.5 Å². The van der Waals surface area contributed by atoms with Crippen LogP contribution in [-0.2, 0) is 16.6 Å². The lowest BCUT2D eigenvalue weighted by molar-refractivity contribution is 0.415. The summed E-state index contributed by atoms with van der Waals surface area (Å²) >= 11 is 3.29. The quantitative estimate of drug-likeness (QED) is 0.738. The number of ether oxygens (including phenoxy) is 1. The van der Waals surface area contributed by atoms with Crippen LogP contribution in [0.4, 0.5) is 5.69 Å². The maximum absolute atomic E-state index is 12.4. The van der Waals surface area contributed by atoms with Crippen molar-refractivity contribution in [1.29, 1.82) is 0 Å². The van der Waals surface area contributed by atoms with E-state index in [2.05, 4.69) is 30.8 Å². The fourth-order valence-corrected chi connectivity index (χ4v) is 3.56. The van der Waals surface area contributed by atoms with Crippen molar-refractivity contribution >= 4 is 31.6 Å². The van der Waals surface area contributed by atoms with Gasteiger partial charge in [0.2, 0.25) is 5.03 Å². The number of aryl methyl sites for hydroxylation is 1. The number of hydrogen-bond donors (Lipinski definition) is 3. The molecule has 1 heterocycles. The molecule has 0 unspecified atom stereocenters. The average Bonchev–Trinajstić information content (AvgIpc) is 2.79. The third-order valence-electron chi connectivity index (χ3n) is 2.85. The Balaban J connectivity index is 2.39. The number of rotatable bonds is 5. The zero-order chi connectivity index (χ0) is 15.6. The van der Waals surface area contributed by atoms with Crippen LogP contribution in [0.1, 0.15) is 11.3 Å². The summed E-state index contributed by atoms with van der Waals surface area (Å²) in [7, 11) is -2.32. The summed E-state index contributed by atoms with van der Waals surface area (Å²) in [6.45, 7) is 1.80. The van der Waals surface area contributed by atoms with Gasteiger partial charge in [-0.05, 0) is 19.1 Å². The molecule has 1 aromatic heterocycles. The van der Waals surface area contributed by atoms with Gasteiger partial charge in [-0.25, -0.2) is 0 Å². The van der Waals surface area contributed by atoms with Crippen molar-refractivity contribution in [3.63, 3.8) is 0 Å². The normalized spacial score (nSPS) is 11.4. The van der Waals surface area contributed by atoms with Crippen LogP contribution in [0.3, 0.4) is 0 Å². The van der Waals surface area contributed by atoms with Crippen molar-refractivity contribution in [2.75, 3.05) is 11.8 Å². The highest BCUT2D eigenvalue weighted by Crippen LogP contribution is 2.27. The smallest absolute Gasteiger partial charge is 0.281 e. The molecular formula is C12H15BrN4O3S. The van der Waals surface area contributed by atoms with E-state index in [0.717, 1.165) is 0 Å². The summed E-state index contributed by atoms with van der Waals surface area (Å²) in [5.74, 6) is 0.527. The first kappa shape index (κ1) is 15.8. The number of halogens is 1. The lowest BCUT2D eigenvalue weighted by Gasteiger charge is -2.09. The number of H-pyrrole nitrogens is 1. The Hall–Kier alpha value is -1.58. The van der Waals surface area contributed by atoms with Crippen LogP contribution in [-0.4, -0.2) is 25.7 Å². The van der Waals surface area contributed by atoms with Gasteiger partial charge in [-0.1, -0.05) is 15.9 Å². The van der Waals surface area contributed by atoms with Crippen molar-refractivity contribution in [3.05, 3.63) is 33.9 Å². The van der Waals surface area contributed by atoms with Crippen molar-refractivity contribution in [1.82, 2.24) is 10.2 Å². The second-order valence-electron chi connectivity index (χ2n) is 4.32. The van der Waals surface area contributed by atoms with E-state index in [-0.39, 0.29) is 11.6 Å². The molecule has 0 radical (unpaired) electrons. The van der Waals surface area contributed by atoms with Crippen molar-refractivity contribution < 1.29 is 13.2 Å². The van der Waals surface area contributed by atoms with E-state index in [0.29, 0.717) is 27.2 Å². The number of anilines is 1. The molecule has 21 heavy (non-hydrogen) atoms. The van der Waals surface area contributed by atoms with Gasteiger partial charge in [0.15, 0.2) is 0 Å². The van der Waals surface area contributed by atoms with Crippen LogP contribution in [0.2, 0.25) is 0 Å². The molecule has 2 aromatic rings. The summed E-state index contributed by atoms with van der Waals surface area (Å²) in [5, 5.41) is 6.36. The van der Waals surface area contributed by atoms with Crippen LogP contribution in [0, 0.1) is 6.92 Å². The fraction of sp³-hybridized carbons (Fsp3) is 0.250. The van der Waals surface area contributed by atoms with E-state index < -0.39 is 10.0 Å². The number of nitrogens with zero attached hydrogens (tertiary/aromatic N) is 1. The average molecular weight is 375 g/mol. The summed E-state index contributed by atoms with van der Waals surface area (Å²) in [6, 6.07) is 4.92. The largest absolute Gasteiger partial charge is 0.497 e. The van der Waals surface area contributed by atoms with Gasteiger partial charge in [0.1, 0.15) is 5.75 Å².